The van der Waals surface area contributed by atoms with Crippen LogP contribution in [-0.2, 0) is 14.3 Å². The van der Waals surface area contributed by atoms with Gasteiger partial charge in [-0.1, -0.05) is 30.3 Å². The fourth-order valence-corrected chi connectivity index (χ4v) is 2.93. The number of ether oxygens (including phenoxy) is 2. The zero-order valence-electron chi connectivity index (χ0n) is 12.3. The summed E-state index contributed by atoms with van der Waals surface area (Å²) in [5.74, 6) is 0.116. The molecule has 0 unspecified atom stereocenters. The molecule has 0 aliphatic carbocycles. The van der Waals surface area contributed by atoms with Gasteiger partial charge >= 0.3 is 0 Å². The quantitative estimate of drug-likeness (QED) is 0.881. The Hall–Kier alpha value is -1.43. The van der Waals surface area contributed by atoms with Crippen molar-refractivity contribution in [2.24, 2.45) is 0 Å². The monoisotopic (exact) mass is 290 g/mol. The Labute approximate surface area is 125 Å². The number of benzene rings is 1. The van der Waals surface area contributed by atoms with Gasteiger partial charge in [-0.3, -0.25) is 4.79 Å². The van der Waals surface area contributed by atoms with E-state index in [9.17, 15) is 4.79 Å². The minimum absolute atomic E-state index is 0.0393. The molecular weight excluding hydrogens is 268 g/mol. The van der Waals surface area contributed by atoms with Crippen LogP contribution in [0.3, 0.4) is 0 Å². The van der Waals surface area contributed by atoms with Crippen LogP contribution in [-0.4, -0.2) is 55.8 Å². The molecule has 1 aromatic rings. The van der Waals surface area contributed by atoms with E-state index < -0.39 is 0 Å². The van der Waals surface area contributed by atoms with E-state index in [0.29, 0.717) is 26.3 Å². The van der Waals surface area contributed by atoms with Gasteiger partial charge in [-0.15, -0.1) is 0 Å². The van der Waals surface area contributed by atoms with Gasteiger partial charge < -0.3 is 19.7 Å². The fraction of sp³-hybridized carbons (Fsp3) is 0.562. The topological polar surface area (TPSA) is 50.8 Å². The first-order chi connectivity index (χ1) is 10.2. The maximum absolute atomic E-state index is 12.6. The van der Waals surface area contributed by atoms with E-state index in [0.717, 1.165) is 12.1 Å². The van der Waals surface area contributed by atoms with Crippen LogP contribution >= 0.6 is 0 Å². The number of carbonyl (C=O) groups is 1. The first-order valence-electron chi connectivity index (χ1n) is 7.54. The van der Waals surface area contributed by atoms with Crippen molar-refractivity contribution < 1.29 is 14.3 Å². The van der Waals surface area contributed by atoms with Crippen molar-refractivity contribution in [3.8, 4) is 0 Å². The highest BCUT2D eigenvalue weighted by molar-refractivity contribution is 5.82. The predicted octanol–water partition coefficient (Wildman–Crippen LogP) is 0.963. The Balaban J connectivity index is 1.69. The number of hydrogen-bond acceptors (Lipinski definition) is 4. The summed E-state index contributed by atoms with van der Waals surface area (Å²) in [4.78, 5) is 14.5. The SMILES string of the molecule is C[C@@H]1CN(C(=O)[C@@H]2COCCN2)C[C@@H](c2ccccc2)O1. The standard InChI is InChI=1S/C16H22N2O3/c1-12-9-18(16(19)14-11-20-8-7-17-14)10-15(21-12)13-5-3-2-4-6-13/h2-6,12,14-15,17H,7-11H2,1H3/t12-,14+,15+/m1/s1. The van der Waals surface area contributed by atoms with Gasteiger partial charge in [0.15, 0.2) is 0 Å². The summed E-state index contributed by atoms with van der Waals surface area (Å²) in [7, 11) is 0. The molecule has 1 N–H and O–H groups in total. The second kappa shape index (κ2) is 6.56. The third-order valence-electron chi connectivity index (χ3n) is 3.96. The summed E-state index contributed by atoms with van der Waals surface area (Å²) >= 11 is 0. The van der Waals surface area contributed by atoms with Crippen LogP contribution in [0.5, 0.6) is 0 Å². The van der Waals surface area contributed by atoms with E-state index >= 15 is 0 Å². The zero-order valence-corrected chi connectivity index (χ0v) is 12.3. The lowest BCUT2D eigenvalue weighted by molar-refractivity contribution is -0.149. The number of nitrogens with zero attached hydrogens (tertiary/aromatic N) is 1. The third-order valence-corrected chi connectivity index (χ3v) is 3.96. The summed E-state index contributed by atoms with van der Waals surface area (Å²) in [5, 5.41) is 3.23. The van der Waals surface area contributed by atoms with E-state index in [1.807, 2.05) is 42.2 Å². The van der Waals surface area contributed by atoms with Crippen LogP contribution in [0.2, 0.25) is 0 Å². The Morgan fingerprint density at radius 2 is 2.10 bits per heavy atom. The van der Waals surface area contributed by atoms with Crippen molar-refractivity contribution in [1.82, 2.24) is 10.2 Å². The van der Waals surface area contributed by atoms with Crippen LogP contribution < -0.4 is 5.32 Å². The number of morpholine rings is 2. The second-order valence-corrected chi connectivity index (χ2v) is 5.67. The molecule has 1 amide bonds. The van der Waals surface area contributed by atoms with Crippen molar-refractivity contribution >= 4 is 5.91 Å². The Morgan fingerprint density at radius 1 is 1.29 bits per heavy atom. The highest BCUT2D eigenvalue weighted by atomic mass is 16.5. The van der Waals surface area contributed by atoms with Gasteiger partial charge in [-0.2, -0.15) is 0 Å². The predicted molar refractivity (Wildman–Crippen MR) is 78.9 cm³/mol. The Bertz CT molecular complexity index is 474. The smallest absolute Gasteiger partial charge is 0.242 e. The Kier molecular flexibility index (Phi) is 4.53. The number of nitrogens with one attached hydrogen (secondary N) is 1. The summed E-state index contributed by atoms with van der Waals surface area (Å²) in [6.45, 7) is 5.13. The molecule has 114 valence electrons. The molecule has 2 saturated heterocycles. The van der Waals surface area contributed by atoms with Crippen LogP contribution in [0.4, 0.5) is 0 Å². The van der Waals surface area contributed by atoms with Crippen molar-refractivity contribution in [2.75, 3.05) is 32.8 Å². The maximum atomic E-state index is 12.6. The minimum atomic E-state index is -0.222. The molecular formula is C16H22N2O3. The molecule has 0 saturated carbocycles. The van der Waals surface area contributed by atoms with Crippen molar-refractivity contribution in [1.29, 1.82) is 0 Å². The van der Waals surface area contributed by atoms with Crippen molar-refractivity contribution in [2.45, 2.75) is 25.2 Å². The average molecular weight is 290 g/mol. The molecule has 2 fully saturated rings. The van der Waals surface area contributed by atoms with Crippen molar-refractivity contribution in [3.63, 3.8) is 0 Å². The largest absolute Gasteiger partial charge is 0.378 e. The second-order valence-electron chi connectivity index (χ2n) is 5.67. The average Bonchev–Trinajstić information content (AvgIpc) is 2.55. The van der Waals surface area contributed by atoms with E-state index in [4.69, 9.17) is 9.47 Å². The zero-order chi connectivity index (χ0) is 14.7. The van der Waals surface area contributed by atoms with Gasteiger partial charge in [-0.25, -0.2) is 0 Å². The van der Waals surface area contributed by atoms with E-state index in [2.05, 4.69) is 5.32 Å². The lowest BCUT2D eigenvalue weighted by atomic mass is 10.1. The lowest BCUT2D eigenvalue weighted by Crippen LogP contribution is -2.56. The number of carbonyl (C=O) groups excluding carboxylic acids is 1. The first kappa shape index (κ1) is 14.5. The van der Waals surface area contributed by atoms with Gasteiger partial charge in [-0.05, 0) is 12.5 Å². The molecule has 0 bridgehead atoms. The van der Waals surface area contributed by atoms with Crippen LogP contribution in [0, 0.1) is 0 Å². The number of hydrogen-bond donors (Lipinski definition) is 1. The molecule has 5 nitrogen and oxygen atoms in total. The number of amides is 1. The fourth-order valence-electron chi connectivity index (χ4n) is 2.93. The molecule has 3 atom stereocenters. The lowest BCUT2D eigenvalue weighted by Gasteiger charge is -2.39. The number of rotatable bonds is 2. The van der Waals surface area contributed by atoms with Gasteiger partial charge in [0, 0.05) is 13.1 Å². The molecule has 5 heteroatoms. The molecule has 0 radical (unpaired) electrons. The molecule has 2 heterocycles. The molecule has 2 aliphatic rings. The van der Waals surface area contributed by atoms with Gasteiger partial charge in [0.2, 0.25) is 5.91 Å². The summed E-state index contributed by atoms with van der Waals surface area (Å²) in [6, 6.07) is 9.87. The summed E-state index contributed by atoms with van der Waals surface area (Å²) in [5.41, 5.74) is 1.12. The molecule has 1 aromatic carbocycles. The summed E-state index contributed by atoms with van der Waals surface area (Å²) in [6.07, 6.45) is -0.0131. The normalized spacial score (nSPS) is 30.1. The van der Waals surface area contributed by atoms with Crippen LogP contribution in [0.15, 0.2) is 30.3 Å². The van der Waals surface area contributed by atoms with Gasteiger partial charge in [0.1, 0.15) is 12.1 Å². The highest BCUT2D eigenvalue weighted by Gasteiger charge is 2.33. The molecule has 3 rings (SSSR count). The minimum Gasteiger partial charge on any atom is -0.378 e. The first-order valence-corrected chi connectivity index (χ1v) is 7.54. The molecule has 2 aliphatic heterocycles. The third kappa shape index (κ3) is 3.43. The van der Waals surface area contributed by atoms with Crippen molar-refractivity contribution in [3.05, 3.63) is 35.9 Å². The molecule has 21 heavy (non-hydrogen) atoms. The van der Waals surface area contributed by atoms with E-state index in [1.54, 1.807) is 0 Å². The van der Waals surface area contributed by atoms with Crippen LogP contribution in [0.25, 0.3) is 0 Å². The highest BCUT2D eigenvalue weighted by Crippen LogP contribution is 2.25. The van der Waals surface area contributed by atoms with Crippen LogP contribution in [0.1, 0.15) is 18.6 Å². The Morgan fingerprint density at radius 3 is 2.81 bits per heavy atom. The van der Waals surface area contributed by atoms with Gasteiger partial charge in [0.05, 0.1) is 25.9 Å². The molecule has 0 spiro atoms. The molecule has 0 aromatic heterocycles. The van der Waals surface area contributed by atoms with E-state index in [-0.39, 0.29) is 24.2 Å². The van der Waals surface area contributed by atoms with Gasteiger partial charge in [0.25, 0.3) is 0 Å². The maximum Gasteiger partial charge on any atom is 0.242 e. The van der Waals surface area contributed by atoms with E-state index in [1.165, 1.54) is 0 Å². The summed E-state index contributed by atoms with van der Waals surface area (Å²) < 4.78 is 11.4.